The molecule has 0 bridgehead atoms. The molecule has 3 rings (SSSR count). The molecule has 0 spiro atoms. The molecule has 1 aliphatic rings. The summed E-state index contributed by atoms with van der Waals surface area (Å²) < 4.78 is 40.9. The standard InChI is InChI=1S/C13H13F3N4O/c14-13(15,16)11-5-10(2-1-9(11)7-21)19-3-4-20-8-17-18-12(20)6-19/h1-2,5,8,21H,3-4,6-7H2. The minimum atomic E-state index is -4.48. The number of halogens is 3. The molecule has 2 aromatic rings. The van der Waals surface area contributed by atoms with Gasteiger partial charge in [-0.2, -0.15) is 13.2 Å². The molecule has 1 aromatic carbocycles. The fraction of sp³-hybridized carbons (Fsp3) is 0.385. The van der Waals surface area contributed by atoms with Gasteiger partial charge in [0, 0.05) is 18.8 Å². The van der Waals surface area contributed by atoms with Gasteiger partial charge in [-0.3, -0.25) is 0 Å². The van der Waals surface area contributed by atoms with Crippen molar-refractivity contribution in [3.8, 4) is 0 Å². The predicted octanol–water partition coefficient (Wildman–Crippen LogP) is 1.81. The summed E-state index contributed by atoms with van der Waals surface area (Å²) in [6.45, 7) is 0.992. The average molecular weight is 298 g/mol. The Hall–Kier alpha value is -2.09. The minimum absolute atomic E-state index is 0.119. The summed E-state index contributed by atoms with van der Waals surface area (Å²) in [4.78, 5) is 1.82. The fourth-order valence-electron chi connectivity index (χ4n) is 2.45. The lowest BCUT2D eigenvalue weighted by Crippen LogP contribution is -2.33. The first kappa shape index (κ1) is 13.9. The molecule has 0 saturated carbocycles. The quantitative estimate of drug-likeness (QED) is 0.918. The zero-order valence-corrected chi connectivity index (χ0v) is 11.0. The van der Waals surface area contributed by atoms with Crippen molar-refractivity contribution in [3.05, 3.63) is 41.5 Å². The second-order valence-corrected chi connectivity index (χ2v) is 4.86. The van der Waals surface area contributed by atoms with Crippen LogP contribution in [0.25, 0.3) is 0 Å². The minimum Gasteiger partial charge on any atom is -0.392 e. The number of benzene rings is 1. The lowest BCUT2D eigenvalue weighted by molar-refractivity contribution is -0.138. The number of aromatic nitrogens is 3. The fourth-order valence-corrected chi connectivity index (χ4v) is 2.45. The zero-order valence-electron chi connectivity index (χ0n) is 11.0. The molecule has 2 heterocycles. The Kier molecular flexibility index (Phi) is 3.32. The van der Waals surface area contributed by atoms with E-state index >= 15 is 0 Å². The third-order valence-electron chi connectivity index (χ3n) is 3.57. The summed E-state index contributed by atoms with van der Waals surface area (Å²) >= 11 is 0. The van der Waals surface area contributed by atoms with E-state index in [-0.39, 0.29) is 5.56 Å². The van der Waals surface area contributed by atoms with Crippen molar-refractivity contribution in [1.82, 2.24) is 14.8 Å². The summed E-state index contributed by atoms with van der Waals surface area (Å²) in [5.41, 5.74) is -0.449. The van der Waals surface area contributed by atoms with Crippen molar-refractivity contribution in [2.75, 3.05) is 11.4 Å². The first-order valence-corrected chi connectivity index (χ1v) is 6.41. The Labute approximate surface area is 118 Å². The molecule has 0 unspecified atom stereocenters. The molecule has 0 atom stereocenters. The molecule has 0 fully saturated rings. The van der Waals surface area contributed by atoms with Crippen molar-refractivity contribution in [2.24, 2.45) is 0 Å². The lowest BCUT2D eigenvalue weighted by atomic mass is 10.1. The topological polar surface area (TPSA) is 54.2 Å². The lowest BCUT2D eigenvalue weighted by Gasteiger charge is -2.29. The van der Waals surface area contributed by atoms with Crippen LogP contribution in [0, 0.1) is 0 Å². The molecule has 1 aliphatic heterocycles. The molecule has 0 amide bonds. The van der Waals surface area contributed by atoms with Crippen LogP contribution in [-0.4, -0.2) is 26.4 Å². The average Bonchev–Trinajstić information content (AvgIpc) is 2.93. The highest BCUT2D eigenvalue weighted by molar-refractivity contribution is 5.52. The van der Waals surface area contributed by atoms with E-state index in [1.54, 1.807) is 12.4 Å². The van der Waals surface area contributed by atoms with Crippen LogP contribution in [0.5, 0.6) is 0 Å². The van der Waals surface area contributed by atoms with Crippen LogP contribution < -0.4 is 4.90 Å². The van der Waals surface area contributed by atoms with Crippen molar-refractivity contribution in [2.45, 2.75) is 25.9 Å². The van der Waals surface area contributed by atoms with E-state index in [1.165, 1.54) is 6.07 Å². The second-order valence-electron chi connectivity index (χ2n) is 4.86. The third-order valence-corrected chi connectivity index (χ3v) is 3.57. The first-order valence-electron chi connectivity index (χ1n) is 6.41. The molecule has 112 valence electrons. The molecule has 0 saturated heterocycles. The van der Waals surface area contributed by atoms with Gasteiger partial charge in [0.15, 0.2) is 5.82 Å². The molecule has 21 heavy (non-hydrogen) atoms. The number of alkyl halides is 3. The monoisotopic (exact) mass is 298 g/mol. The van der Waals surface area contributed by atoms with Crippen LogP contribution in [-0.2, 0) is 25.9 Å². The molecule has 8 heteroatoms. The molecule has 0 radical (unpaired) electrons. The van der Waals surface area contributed by atoms with Crippen LogP contribution in [0.4, 0.5) is 18.9 Å². The van der Waals surface area contributed by atoms with Crippen LogP contribution in [0.15, 0.2) is 24.5 Å². The highest BCUT2D eigenvalue weighted by atomic mass is 19.4. The number of hydrogen-bond donors (Lipinski definition) is 1. The van der Waals surface area contributed by atoms with Gasteiger partial charge < -0.3 is 14.6 Å². The number of nitrogens with zero attached hydrogens (tertiary/aromatic N) is 4. The Morgan fingerprint density at radius 2 is 2.05 bits per heavy atom. The molecular weight excluding hydrogens is 285 g/mol. The van der Waals surface area contributed by atoms with Gasteiger partial charge in [-0.15, -0.1) is 10.2 Å². The summed E-state index contributed by atoms with van der Waals surface area (Å²) in [6, 6.07) is 3.99. The van der Waals surface area contributed by atoms with Gasteiger partial charge >= 0.3 is 6.18 Å². The third kappa shape index (κ3) is 2.58. The molecule has 1 N–H and O–H groups in total. The van der Waals surface area contributed by atoms with Crippen molar-refractivity contribution < 1.29 is 18.3 Å². The number of hydrogen-bond acceptors (Lipinski definition) is 4. The summed E-state index contributed by atoms with van der Waals surface area (Å²) in [5, 5.41) is 16.8. The first-order chi connectivity index (χ1) is 9.99. The second kappa shape index (κ2) is 5.03. The smallest absolute Gasteiger partial charge is 0.392 e. The van der Waals surface area contributed by atoms with E-state index in [2.05, 4.69) is 10.2 Å². The maximum atomic E-state index is 13.0. The van der Waals surface area contributed by atoms with Crippen LogP contribution in [0.2, 0.25) is 0 Å². The predicted molar refractivity (Wildman–Crippen MR) is 68.4 cm³/mol. The highest BCUT2D eigenvalue weighted by Crippen LogP contribution is 2.35. The summed E-state index contributed by atoms with van der Waals surface area (Å²) in [5.74, 6) is 0.723. The van der Waals surface area contributed by atoms with E-state index in [0.29, 0.717) is 25.3 Å². The van der Waals surface area contributed by atoms with E-state index in [0.717, 1.165) is 11.9 Å². The largest absolute Gasteiger partial charge is 0.416 e. The Balaban J connectivity index is 1.93. The number of aliphatic hydroxyl groups excluding tert-OH is 1. The van der Waals surface area contributed by atoms with Crippen LogP contribution in [0.1, 0.15) is 17.0 Å². The van der Waals surface area contributed by atoms with Gasteiger partial charge in [0.2, 0.25) is 0 Å². The van der Waals surface area contributed by atoms with Gasteiger partial charge in [-0.05, 0) is 17.7 Å². The SMILES string of the molecule is OCc1ccc(N2CCn3cnnc3C2)cc1C(F)(F)F. The Bertz CT molecular complexity index is 653. The van der Waals surface area contributed by atoms with Gasteiger partial charge in [0.1, 0.15) is 6.33 Å². The number of aliphatic hydroxyl groups is 1. The normalized spacial score (nSPS) is 15.1. The van der Waals surface area contributed by atoms with Gasteiger partial charge in [-0.25, -0.2) is 0 Å². The molecule has 1 aromatic heterocycles. The van der Waals surface area contributed by atoms with Crippen LogP contribution in [0.3, 0.4) is 0 Å². The van der Waals surface area contributed by atoms with Gasteiger partial charge in [-0.1, -0.05) is 6.07 Å². The summed E-state index contributed by atoms with van der Waals surface area (Å²) in [6.07, 6.45) is -2.87. The highest BCUT2D eigenvalue weighted by Gasteiger charge is 2.34. The van der Waals surface area contributed by atoms with Gasteiger partial charge in [0.25, 0.3) is 0 Å². The molecule has 5 nitrogen and oxygen atoms in total. The maximum Gasteiger partial charge on any atom is 0.416 e. The molecular formula is C13H13F3N4O. The summed E-state index contributed by atoms with van der Waals surface area (Å²) in [7, 11) is 0. The number of rotatable bonds is 2. The number of anilines is 1. The van der Waals surface area contributed by atoms with E-state index in [9.17, 15) is 13.2 Å². The van der Waals surface area contributed by atoms with E-state index in [1.807, 2.05) is 9.47 Å². The molecule has 0 aliphatic carbocycles. The van der Waals surface area contributed by atoms with Crippen molar-refractivity contribution >= 4 is 5.69 Å². The van der Waals surface area contributed by atoms with E-state index < -0.39 is 18.3 Å². The Morgan fingerprint density at radius 3 is 2.76 bits per heavy atom. The number of fused-ring (bicyclic) bond motifs is 1. The maximum absolute atomic E-state index is 13.0. The van der Waals surface area contributed by atoms with Crippen molar-refractivity contribution in [1.29, 1.82) is 0 Å². The van der Waals surface area contributed by atoms with Crippen LogP contribution >= 0.6 is 0 Å². The van der Waals surface area contributed by atoms with Gasteiger partial charge in [0.05, 0.1) is 18.7 Å². The Morgan fingerprint density at radius 1 is 1.24 bits per heavy atom. The van der Waals surface area contributed by atoms with Crippen molar-refractivity contribution in [3.63, 3.8) is 0 Å². The van der Waals surface area contributed by atoms with E-state index in [4.69, 9.17) is 5.11 Å². The zero-order chi connectivity index (χ0) is 15.0.